The first-order chi connectivity index (χ1) is 14.4. The number of halogens is 3. The smallest absolute Gasteiger partial charge is 0.265 e. The predicted octanol–water partition coefficient (Wildman–Crippen LogP) is 5.39. The fraction of sp³-hybridized carbons (Fsp3) is 0.0455. The molecule has 5 nitrogen and oxygen atoms in total. The number of nitrogens with zero attached hydrogens (tertiary/aromatic N) is 2. The SMILES string of the molecule is Cc1nc2ccccc2c(=O)n1-c1ccc(Cl)c(NC(=O)c2c(F)cccc2Cl)c1. The van der Waals surface area contributed by atoms with Crippen molar-refractivity contribution < 1.29 is 9.18 Å². The molecule has 30 heavy (non-hydrogen) atoms. The van der Waals surface area contributed by atoms with Gasteiger partial charge in [0.2, 0.25) is 0 Å². The van der Waals surface area contributed by atoms with Crippen molar-refractivity contribution >= 4 is 45.7 Å². The molecule has 0 radical (unpaired) electrons. The van der Waals surface area contributed by atoms with E-state index >= 15 is 0 Å². The van der Waals surface area contributed by atoms with Crippen LogP contribution in [-0.2, 0) is 0 Å². The number of carbonyl (C=O) groups is 1. The fourth-order valence-electron chi connectivity index (χ4n) is 3.20. The lowest BCUT2D eigenvalue weighted by molar-refractivity contribution is 0.102. The number of fused-ring (bicyclic) bond motifs is 1. The Bertz CT molecular complexity index is 1350. The first-order valence-corrected chi connectivity index (χ1v) is 9.66. The molecule has 1 aromatic heterocycles. The van der Waals surface area contributed by atoms with E-state index in [9.17, 15) is 14.0 Å². The van der Waals surface area contributed by atoms with Crippen LogP contribution >= 0.6 is 23.2 Å². The lowest BCUT2D eigenvalue weighted by atomic mass is 10.2. The maximum atomic E-state index is 14.1. The van der Waals surface area contributed by atoms with Crippen LogP contribution in [0.2, 0.25) is 10.0 Å². The van der Waals surface area contributed by atoms with Crippen LogP contribution in [-0.4, -0.2) is 15.5 Å². The topological polar surface area (TPSA) is 64.0 Å². The van der Waals surface area contributed by atoms with Gasteiger partial charge in [-0.1, -0.05) is 41.4 Å². The number of aryl methyl sites for hydroxylation is 1. The van der Waals surface area contributed by atoms with E-state index in [0.717, 1.165) is 6.07 Å². The third kappa shape index (κ3) is 3.56. The van der Waals surface area contributed by atoms with E-state index in [-0.39, 0.29) is 26.9 Å². The van der Waals surface area contributed by atoms with Crippen molar-refractivity contribution in [2.45, 2.75) is 6.92 Å². The first kappa shape index (κ1) is 20.1. The fourth-order valence-corrected chi connectivity index (χ4v) is 3.61. The molecule has 0 bridgehead atoms. The summed E-state index contributed by atoms with van der Waals surface area (Å²) in [7, 11) is 0. The maximum Gasteiger partial charge on any atom is 0.265 e. The minimum absolute atomic E-state index is 0.0226. The van der Waals surface area contributed by atoms with Gasteiger partial charge in [0, 0.05) is 0 Å². The third-order valence-corrected chi connectivity index (χ3v) is 5.23. The second-order valence-corrected chi connectivity index (χ2v) is 7.35. The molecule has 0 aliphatic heterocycles. The number of para-hydroxylation sites is 1. The van der Waals surface area contributed by atoms with E-state index in [1.54, 1.807) is 31.2 Å². The summed E-state index contributed by atoms with van der Waals surface area (Å²) in [5.41, 5.74) is 0.706. The predicted molar refractivity (Wildman–Crippen MR) is 116 cm³/mol. The summed E-state index contributed by atoms with van der Waals surface area (Å²) in [5, 5.41) is 3.22. The number of aromatic nitrogens is 2. The molecule has 0 aliphatic rings. The van der Waals surface area contributed by atoms with Gasteiger partial charge < -0.3 is 5.32 Å². The highest BCUT2D eigenvalue weighted by Gasteiger charge is 2.18. The van der Waals surface area contributed by atoms with Gasteiger partial charge in [0.15, 0.2) is 0 Å². The highest BCUT2D eigenvalue weighted by Crippen LogP contribution is 2.27. The van der Waals surface area contributed by atoms with Crippen molar-refractivity contribution in [3.8, 4) is 5.69 Å². The van der Waals surface area contributed by atoms with Crippen molar-refractivity contribution in [3.63, 3.8) is 0 Å². The Morgan fingerprint density at radius 3 is 2.57 bits per heavy atom. The highest BCUT2D eigenvalue weighted by molar-refractivity contribution is 6.36. The molecule has 8 heteroatoms. The van der Waals surface area contributed by atoms with Crippen molar-refractivity contribution in [1.82, 2.24) is 9.55 Å². The van der Waals surface area contributed by atoms with E-state index in [1.165, 1.54) is 28.8 Å². The average molecular weight is 442 g/mol. The Morgan fingerprint density at radius 2 is 1.80 bits per heavy atom. The van der Waals surface area contributed by atoms with Gasteiger partial charge in [-0.05, 0) is 49.4 Å². The molecule has 0 spiro atoms. The lowest BCUT2D eigenvalue weighted by Crippen LogP contribution is -2.22. The van der Waals surface area contributed by atoms with Gasteiger partial charge in [0.05, 0.1) is 37.9 Å². The molecule has 0 aliphatic carbocycles. The maximum absolute atomic E-state index is 14.1. The molecule has 1 N–H and O–H groups in total. The quantitative estimate of drug-likeness (QED) is 0.463. The van der Waals surface area contributed by atoms with Crippen LogP contribution in [0.5, 0.6) is 0 Å². The molecule has 1 heterocycles. The number of carbonyl (C=O) groups excluding carboxylic acids is 1. The zero-order valence-corrected chi connectivity index (χ0v) is 17.1. The minimum atomic E-state index is -0.752. The lowest BCUT2D eigenvalue weighted by Gasteiger charge is -2.14. The summed E-state index contributed by atoms with van der Waals surface area (Å²) in [6.45, 7) is 1.71. The number of rotatable bonds is 3. The minimum Gasteiger partial charge on any atom is -0.320 e. The van der Waals surface area contributed by atoms with Crippen LogP contribution < -0.4 is 10.9 Å². The van der Waals surface area contributed by atoms with Gasteiger partial charge in [0.25, 0.3) is 11.5 Å². The normalized spacial score (nSPS) is 10.9. The van der Waals surface area contributed by atoms with Crippen LogP contribution in [0, 0.1) is 12.7 Å². The average Bonchev–Trinajstić information content (AvgIpc) is 2.70. The molecular formula is C22H14Cl2FN3O2. The number of hydrogen-bond acceptors (Lipinski definition) is 3. The van der Waals surface area contributed by atoms with Crippen molar-refractivity contribution in [3.05, 3.63) is 98.3 Å². The molecule has 0 fully saturated rings. The molecule has 0 saturated heterocycles. The van der Waals surface area contributed by atoms with E-state index < -0.39 is 11.7 Å². The number of benzene rings is 3. The third-order valence-electron chi connectivity index (χ3n) is 4.59. The van der Waals surface area contributed by atoms with Gasteiger partial charge in [-0.3, -0.25) is 14.2 Å². The Kier molecular flexibility index (Phi) is 5.28. The number of nitrogens with one attached hydrogen (secondary N) is 1. The van der Waals surface area contributed by atoms with Crippen molar-refractivity contribution in [1.29, 1.82) is 0 Å². The van der Waals surface area contributed by atoms with Gasteiger partial charge >= 0.3 is 0 Å². The van der Waals surface area contributed by atoms with Gasteiger partial charge in [-0.2, -0.15) is 0 Å². The molecule has 0 unspecified atom stereocenters. The molecular weight excluding hydrogens is 428 g/mol. The second-order valence-electron chi connectivity index (χ2n) is 6.53. The number of hydrogen-bond donors (Lipinski definition) is 1. The zero-order chi connectivity index (χ0) is 21.4. The molecule has 3 aromatic carbocycles. The highest BCUT2D eigenvalue weighted by atomic mass is 35.5. The van der Waals surface area contributed by atoms with E-state index in [0.29, 0.717) is 22.4 Å². The van der Waals surface area contributed by atoms with Gasteiger partial charge in [0.1, 0.15) is 11.6 Å². The van der Waals surface area contributed by atoms with Crippen LogP contribution in [0.3, 0.4) is 0 Å². The second kappa shape index (κ2) is 7.89. The van der Waals surface area contributed by atoms with E-state index in [2.05, 4.69) is 10.3 Å². The molecule has 4 aromatic rings. The van der Waals surface area contributed by atoms with Crippen LogP contribution in [0.15, 0.2) is 65.5 Å². The van der Waals surface area contributed by atoms with Crippen LogP contribution in [0.25, 0.3) is 16.6 Å². The summed E-state index contributed by atoms with van der Waals surface area (Å²) < 4.78 is 15.5. The summed E-state index contributed by atoms with van der Waals surface area (Å²) >= 11 is 12.2. The number of amides is 1. The Hall–Kier alpha value is -3.22. The molecule has 0 atom stereocenters. The summed E-state index contributed by atoms with van der Waals surface area (Å²) in [4.78, 5) is 30.1. The molecule has 0 saturated carbocycles. The number of anilines is 1. The largest absolute Gasteiger partial charge is 0.320 e. The standard InChI is InChI=1S/C22H14Cl2FN3O2/c1-12-26-18-8-3-2-5-14(18)22(30)28(12)13-9-10-15(23)19(11-13)27-21(29)20-16(24)6-4-7-17(20)25/h2-11H,1H3,(H,27,29). The summed E-state index contributed by atoms with van der Waals surface area (Å²) in [6.07, 6.45) is 0. The van der Waals surface area contributed by atoms with E-state index in [4.69, 9.17) is 23.2 Å². The molecule has 150 valence electrons. The van der Waals surface area contributed by atoms with Gasteiger partial charge in [-0.25, -0.2) is 9.37 Å². The van der Waals surface area contributed by atoms with Gasteiger partial charge in [-0.15, -0.1) is 0 Å². The monoisotopic (exact) mass is 441 g/mol. The Labute approximate surface area is 180 Å². The van der Waals surface area contributed by atoms with Crippen LogP contribution in [0.4, 0.5) is 10.1 Å². The molecule has 1 amide bonds. The first-order valence-electron chi connectivity index (χ1n) is 8.90. The summed E-state index contributed by atoms with van der Waals surface area (Å²) in [5.74, 6) is -1.04. The van der Waals surface area contributed by atoms with Crippen molar-refractivity contribution in [2.75, 3.05) is 5.32 Å². The molecule has 4 rings (SSSR count). The Balaban J connectivity index is 1.79. The van der Waals surface area contributed by atoms with E-state index in [1.807, 2.05) is 6.07 Å². The zero-order valence-electron chi connectivity index (χ0n) is 15.6. The Morgan fingerprint density at radius 1 is 1.03 bits per heavy atom. The van der Waals surface area contributed by atoms with Crippen molar-refractivity contribution in [2.24, 2.45) is 0 Å². The summed E-state index contributed by atoms with van der Waals surface area (Å²) in [6, 6.07) is 15.7. The van der Waals surface area contributed by atoms with Crippen LogP contribution in [0.1, 0.15) is 16.2 Å².